The Bertz CT molecular complexity index is 810. The Balaban J connectivity index is 1.48. The molecule has 146 valence electrons. The summed E-state index contributed by atoms with van der Waals surface area (Å²) in [5.41, 5.74) is 1.54. The van der Waals surface area contributed by atoms with Gasteiger partial charge >= 0.3 is 5.97 Å². The molecule has 2 heterocycles. The summed E-state index contributed by atoms with van der Waals surface area (Å²) in [5.74, 6) is 0.199. The van der Waals surface area contributed by atoms with Gasteiger partial charge in [0.25, 0.3) is 5.91 Å². The van der Waals surface area contributed by atoms with Gasteiger partial charge in [0.2, 0.25) is 0 Å². The summed E-state index contributed by atoms with van der Waals surface area (Å²) in [4.78, 5) is 27.4. The average molecular weight is 379 g/mol. The van der Waals surface area contributed by atoms with Crippen LogP contribution in [0.5, 0.6) is 11.5 Å². The molecule has 0 aromatic heterocycles. The van der Waals surface area contributed by atoms with Crippen LogP contribution in [0.4, 0.5) is 0 Å². The number of benzene rings is 2. The number of ether oxygens (including phenoxy) is 2. The normalized spacial score (nSPS) is 16.8. The van der Waals surface area contributed by atoms with Crippen molar-refractivity contribution in [3.8, 4) is 11.5 Å². The summed E-state index contributed by atoms with van der Waals surface area (Å²) in [6.07, 6.45) is 5.57. The van der Waals surface area contributed by atoms with Crippen molar-refractivity contribution in [1.29, 1.82) is 0 Å². The van der Waals surface area contributed by atoms with Gasteiger partial charge in [0.15, 0.2) is 6.61 Å². The lowest BCUT2D eigenvalue weighted by atomic mass is 9.88. The molecule has 0 unspecified atom stereocenters. The number of amides is 1. The molecule has 0 atom stereocenters. The molecule has 4 rings (SSSR count). The van der Waals surface area contributed by atoms with E-state index in [-0.39, 0.29) is 12.5 Å². The van der Waals surface area contributed by atoms with E-state index in [0.29, 0.717) is 11.5 Å². The molecule has 2 aliphatic rings. The van der Waals surface area contributed by atoms with Crippen molar-refractivity contribution in [3.05, 3.63) is 59.7 Å². The number of rotatable bonds is 3. The standard InChI is InChI=1S/C23H25NO4/c25-21(24-14-8-2-1-3-9-15-24)16-27-23(26)22-17-10-4-6-12-19(17)28-20-13-7-5-11-18(20)22/h4-7,10-13,22H,1-3,8-9,14-16H2. The first-order chi connectivity index (χ1) is 13.7. The zero-order chi connectivity index (χ0) is 19.3. The van der Waals surface area contributed by atoms with Crippen molar-refractivity contribution < 1.29 is 19.1 Å². The minimum absolute atomic E-state index is 0.108. The number of fused-ring (bicyclic) bond motifs is 2. The topological polar surface area (TPSA) is 55.8 Å². The van der Waals surface area contributed by atoms with Gasteiger partial charge < -0.3 is 14.4 Å². The number of hydrogen-bond donors (Lipinski definition) is 0. The second-order valence-electron chi connectivity index (χ2n) is 7.37. The molecule has 5 nitrogen and oxygen atoms in total. The van der Waals surface area contributed by atoms with Gasteiger partial charge in [-0.1, -0.05) is 55.7 Å². The maximum atomic E-state index is 13.0. The SMILES string of the molecule is O=C(OCC(=O)N1CCCCCCC1)C1c2ccccc2Oc2ccccc21. The first-order valence-electron chi connectivity index (χ1n) is 10.0. The number of nitrogens with zero attached hydrogens (tertiary/aromatic N) is 1. The highest BCUT2D eigenvalue weighted by atomic mass is 16.5. The van der Waals surface area contributed by atoms with Crippen LogP contribution in [0.25, 0.3) is 0 Å². The summed E-state index contributed by atoms with van der Waals surface area (Å²) in [6, 6.07) is 14.9. The Morgan fingerprint density at radius 3 is 2.00 bits per heavy atom. The molecule has 0 spiro atoms. The Morgan fingerprint density at radius 2 is 1.39 bits per heavy atom. The summed E-state index contributed by atoms with van der Waals surface area (Å²) in [5, 5.41) is 0. The predicted molar refractivity (Wildman–Crippen MR) is 105 cm³/mol. The molecular formula is C23H25NO4. The third kappa shape index (κ3) is 3.88. The molecule has 1 amide bonds. The summed E-state index contributed by atoms with van der Waals surface area (Å²) < 4.78 is 11.4. The van der Waals surface area contributed by atoms with Crippen LogP contribution in [-0.2, 0) is 14.3 Å². The lowest BCUT2D eigenvalue weighted by Crippen LogP contribution is -2.37. The van der Waals surface area contributed by atoms with E-state index in [2.05, 4.69) is 0 Å². The van der Waals surface area contributed by atoms with Gasteiger partial charge in [-0.25, -0.2) is 0 Å². The molecule has 0 saturated carbocycles. The van der Waals surface area contributed by atoms with Gasteiger partial charge in [-0.3, -0.25) is 9.59 Å². The van der Waals surface area contributed by atoms with Crippen molar-refractivity contribution in [3.63, 3.8) is 0 Å². The van der Waals surface area contributed by atoms with Crippen molar-refractivity contribution in [2.45, 2.75) is 38.0 Å². The Labute approximate surface area is 165 Å². The van der Waals surface area contributed by atoms with E-state index < -0.39 is 11.9 Å². The Morgan fingerprint density at radius 1 is 0.857 bits per heavy atom. The molecule has 5 heteroatoms. The number of likely N-dealkylation sites (tertiary alicyclic amines) is 1. The van der Waals surface area contributed by atoms with Gasteiger partial charge in [0, 0.05) is 24.2 Å². The molecule has 0 radical (unpaired) electrons. The maximum absolute atomic E-state index is 13.0. The van der Waals surface area contributed by atoms with Gasteiger partial charge in [-0.05, 0) is 25.0 Å². The zero-order valence-electron chi connectivity index (χ0n) is 15.9. The zero-order valence-corrected chi connectivity index (χ0v) is 15.9. The fourth-order valence-electron chi connectivity index (χ4n) is 3.97. The highest BCUT2D eigenvalue weighted by Crippen LogP contribution is 2.44. The average Bonchev–Trinajstić information content (AvgIpc) is 2.69. The molecular weight excluding hydrogens is 354 g/mol. The molecule has 2 aliphatic heterocycles. The van der Waals surface area contributed by atoms with Crippen LogP contribution in [0, 0.1) is 0 Å². The molecule has 2 aromatic carbocycles. The smallest absolute Gasteiger partial charge is 0.318 e. The molecule has 1 fully saturated rings. The number of carbonyl (C=O) groups excluding carboxylic acids is 2. The van der Waals surface area contributed by atoms with Gasteiger partial charge in [0.05, 0.1) is 0 Å². The molecule has 2 aromatic rings. The summed E-state index contributed by atoms with van der Waals surface area (Å²) >= 11 is 0. The van der Waals surface area contributed by atoms with Crippen LogP contribution >= 0.6 is 0 Å². The van der Waals surface area contributed by atoms with Crippen LogP contribution in [0.3, 0.4) is 0 Å². The predicted octanol–water partition coefficient (Wildman–Crippen LogP) is 4.26. The molecule has 1 saturated heterocycles. The van der Waals surface area contributed by atoms with E-state index >= 15 is 0 Å². The highest BCUT2D eigenvalue weighted by molar-refractivity contribution is 5.87. The first-order valence-corrected chi connectivity index (χ1v) is 10.0. The largest absolute Gasteiger partial charge is 0.457 e. The van der Waals surface area contributed by atoms with Crippen LogP contribution in [0.1, 0.15) is 49.1 Å². The highest BCUT2D eigenvalue weighted by Gasteiger charge is 2.34. The van der Waals surface area contributed by atoms with Crippen molar-refractivity contribution in [1.82, 2.24) is 4.90 Å². The number of carbonyl (C=O) groups is 2. The van der Waals surface area contributed by atoms with Gasteiger partial charge in [-0.2, -0.15) is 0 Å². The Hall–Kier alpha value is -2.82. The van der Waals surface area contributed by atoms with E-state index in [1.807, 2.05) is 53.4 Å². The third-order valence-electron chi connectivity index (χ3n) is 5.46. The van der Waals surface area contributed by atoms with E-state index in [0.717, 1.165) is 49.9 Å². The molecule has 0 N–H and O–H groups in total. The van der Waals surface area contributed by atoms with Crippen molar-refractivity contribution in [2.75, 3.05) is 19.7 Å². The van der Waals surface area contributed by atoms with E-state index in [1.165, 1.54) is 6.42 Å². The quantitative estimate of drug-likeness (QED) is 0.748. The fraction of sp³-hybridized carbons (Fsp3) is 0.391. The fourth-order valence-corrected chi connectivity index (χ4v) is 3.97. The summed E-state index contributed by atoms with van der Waals surface area (Å²) in [7, 11) is 0. The number of para-hydroxylation sites is 2. The van der Waals surface area contributed by atoms with Crippen LogP contribution < -0.4 is 4.74 Å². The second kappa shape index (κ2) is 8.46. The minimum atomic E-state index is -0.582. The monoisotopic (exact) mass is 379 g/mol. The molecule has 0 bridgehead atoms. The number of hydrogen-bond acceptors (Lipinski definition) is 4. The number of esters is 1. The summed E-state index contributed by atoms with van der Waals surface area (Å²) in [6.45, 7) is 1.29. The van der Waals surface area contributed by atoms with E-state index in [1.54, 1.807) is 0 Å². The lowest BCUT2D eigenvalue weighted by molar-refractivity contribution is -0.152. The minimum Gasteiger partial charge on any atom is -0.457 e. The van der Waals surface area contributed by atoms with Crippen LogP contribution in [0.15, 0.2) is 48.5 Å². The van der Waals surface area contributed by atoms with E-state index in [4.69, 9.17) is 9.47 Å². The maximum Gasteiger partial charge on any atom is 0.318 e. The lowest BCUT2D eigenvalue weighted by Gasteiger charge is -2.27. The second-order valence-corrected chi connectivity index (χ2v) is 7.37. The first kappa shape index (κ1) is 18.5. The van der Waals surface area contributed by atoms with E-state index in [9.17, 15) is 9.59 Å². The van der Waals surface area contributed by atoms with Crippen LogP contribution in [-0.4, -0.2) is 36.5 Å². The molecule has 0 aliphatic carbocycles. The van der Waals surface area contributed by atoms with Gasteiger partial charge in [-0.15, -0.1) is 0 Å². The van der Waals surface area contributed by atoms with Crippen LogP contribution in [0.2, 0.25) is 0 Å². The van der Waals surface area contributed by atoms with Crippen molar-refractivity contribution in [2.24, 2.45) is 0 Å². The Kier molecular flexibility index (Phi) is 5.60. The molecule has 28 heavy (non-hydrogen) atoms. The third-order valence-corrected chi connectivity index (χ3v) is 5.46. The van der Waals surface area contributed by atoms with Crippen molar-refractivity contribution >= 4 is 11.9 Å². The van der Waals surface area contributed by atoms with Gasteiger partial charge in [0.1, 0.15) is 17.4 Å².